The van der Waals surface area contributed by atoms with Crippen molar-refractivity contribution in [1.29, 1.82) is 0 Å². The van der Waals surface area contributed by atoms with Gasteiger partial charge in [0.15, 0.2) is 6.61 Å². The lowest BCUT2D eigenvalue weighted by molar-refractivity contribution is -0.123. The van der Waals surface area contributed by atoms with E-state index in [0.29, 0.717) is 10.6 Å². The third-order valence-electron chi connectivity index (χ3n) is 2.61. The van der Waals surface area contributed by atoms with Crippen molar-refractivity contribution < 1.29 is 14.6 Å². The van der Waals surface area contributed by atoms with Crippen LogP contribution in [-0.2, 0) is 4.79 Å². The van der Waals surface area contributed by atoms with Crippen molar-refractivity contribution in [2.45, 2.75) is 0 Å². The Hall–Kier alpha value is -1.95. The van der Waals surface area contributed by atoms with E-state index >= 15 is 0 Å². The fourth-order valence-electron chi connectivity index (χ4n) is 1.57. The molecule has 2 aromatic carbocycles. The largest absolute Gasteiger partial charge is 0.508 e. The molecule has 0 saturated carbocycles. The zero-order valence-electron chi connectivity index (χ0n) is 11.6. The van der Waals surface area contributed by atoms with E-state index in [9.17, 15) is 9.90 Å². The van der Waals surface area contributed by atoms with Crippen LogP contribution in [0.15, 0.2) is 41.5 Å². The molecule has 8 heteroatoms. The first-order valence-electron chi connectivity index (χ1n) is 6.34. The number of nitrogens with one attached hydrogen (secondary N) is 1. The van der Waals surface area contributed by atoms with E-state index < -0.39 is 5.91 Å². The lowest BCUT2D eigenvalue weighted by Crippen LogP contribution is -2.24. The highest BCUT2D eigenvalue weighted by molar-refractivity contribution is 6.43. The number of ether oxygens (including phenoxy) is 1. The summed E-state index contributed by atoms with van der Waals surface area (Å²) in [5, 5.41) is 13.9. The number of benzene rings is 2. The number of hydrogen-bond donors (Lipinski definition) is 2. The maximum Gasteiger partial charge on any atom is 0.277 e. The molecular weight excluding hydrogens is 363 g/mol. The summed E-state index contributed by atoms with van der Waals surface area (Å²) in [4.78, 5) is 11.6. The maximum absolute atomic E-state index is 11.6. The number of phenolic OH excluding ortho intramolecular Hbond substituents is 1. The molecule has 1 amide bonds. The second-order valence-electron chi connectivity index (χ2n) is 4.37. The number of hydrogen-bond acceptors (Lipinski definition) is 4. The van der Waals surface area contributed by atoms with Gasteiger partial charge in [0, 0.05) is 6.07 Å². The topological polar surface area (TPSA) is 70.9 Å². The van der Waals surface area contributed by atoms with Gasteiger partial charge in [0.2, 0.25) is 0 Å². The first-order chi connectivity index (χ1) is 11.0. The van der Waals surface area contributed by atoms with Crippen LogP contribution in [0.25, 0.3) is 0 Å². The van der Waals surface area contributed by atoms with E-state index in [1.54, 1.807) is 12.1 Å². The fourth-order valence-corrected chi connectivity index (χ4v) is 2.17. The average Bonchev–Trinajstić information content (AvgIpc) is 2.50. The van der Waals surface area contributed by atoms with Crippen LogP contribution in [0.4, 0.5) is 0 Å². The molecule has 2 N–H and O–H groups in total. The van der Waals surface area contributed by atoms with Crippen molar-refractivity contribution in [1.82, 2.24) is 5.43 Å². The van der Waals surface area contributed by atoms with Crippen molar-refractivity contribution >= 4 is 46.9 Å². The molecule has 5 nitrogen and oxygen atoms in total. The standard InChI is InChI=1S/C15H11Cl3N2O3/c16-11-5-13(18)14(6-12(11)17)23-8-15(22)20-19-7-9-2-1-3-10(21)4-9/h1-7,21H,8H2,(H,20,22). The molecular formula is C15H11Cl3N2O3. The molecule has 0 aliphatic rings. The molecule has 120 valence electrons. The van der Waals surface area contributed by atoms with Gasteiger partial charge >= 0.3 is 0 Å². The van der Waals surface area contributed by atoms with Gasteiger partial charge in [0.1, 0.15) is 11.5 Å². The van der Waals surface area contributed by atoms with Crippen LogP contribution in [-0.4, -0.2) is 23.8 Å². The number of nitrogens with zero attached hydrogens (tertiary/aromatic N) is 1. The number of hydrazone groups is 1. The van der Waals surface area contributed by atoms with Crippen LogP contribution < -0.4 is 10.2 Å². The van der Waals surface area contributed by atoms with Gasteiger partial charge in [-0.1, -0.05) is 46.9 Å². The molecule has 0 heterocycles. The smallest absolute Gasteiger partial charge is 0.277 e. The molecule has 0 bridgehead atoms. The molecule has 0 fully saturated rings. The quantitative estimate of drug-likeness (QED) is 0.474. The third kappa shape index (κ3) is 5.32. The third-order valence-corrected chi connectivity index (χ3v) is 3.62. The molecule has 2 rings (SSSR count). The van der Waals surface area contributed by atoms with E-state index in [-0.39, 0.29) is 28.2 Å². The van der Waals surface area contributed by atoms with Gasteiger partial charge in [0.05, 0.1) is 21.3 Å². The van der Waals surface area contributed by atoms with Crippen LogP contribution in [0, 0.1) is 0 Å². The predicted molar refractivity (Wildman–Crippen MR) is 90.8 cm³/mol. The number of carbonyl (C=O) groups excluding carboxylic acids is 1. The van der Waals surface area contributed by atoms with Crippen molar-refractivity contribution in [3.63, 3.8) is 0 Å². The van der Waals surface area contributed by atoms with E-state index in [0.717, 1.165) is 0 Å². The minimum atomic E-state index is -0.483. The van der Waals surface area contributed by atoms with E-state index in [1.165, 1.54) is 30.5 Å². The summed E-state index contributed by atoms with van der Waals surface area (Å²) in [5.41, 5.74) is 2.93. The van der Waals surface area contributed by atoms with Crippen LogP contribution in [0.5, 0.6) is 11.5 Å². The Kier molecular flexibility index (Phi) is 6.10. The van der Waals surface area contributed by atoms with Crippen molar-refractivity contribution in [2.24, 2.45) is 5.10 Å². The second-order valence-corrected chi connectivity index (χ2v) is 5.60. The Bertz CT molecular complexity index is 751. The predicted octanol–water partition coefficient (Wildman–Crippen LogP) is 3.88. The molecule has 0 spiro atoms. The van der Waals surface area contributed by atoms with Crippen LogP contribution in [0.2, 0.25) is 15.1 Å². The van der Waals surface area contributed by atoms with Crippen LogP contribution in [0.1, 0.15) is 5.56 Å². The van der Waals surface area contributed by atoms with E-state index in [2.05, 4.69) is 10.5 Å². The number of halogens is 3. The molecule has 0 radical (unpaired) electrons. The Morgan fingerprint density at radius 3 is 2.65 bits per heavy atom. The summed E-state index contributed by atoms with van der Waals surface area (Å²) in [6, 6.07) is 9.27. The summed E-state index contributed by atoms with van der Waals surface area (Å²) in [5.74, 6) is -0.130. The molecule has 2 aromatic rings. The second kappa shape index (κ2) is 8.06. The Morgan fingerprint density at radius 2 is 1.91 bits per heavy atom. The van der Waals surface area contributed by atoms with Gasteiger partial charge in [-0.25, -0.2) is 5.43 Å². The monoisotopic (exact) mass is 372 g/mol. The zero-order chi connectivity index (χ0) is 16.8. The van der Waals surface area contributed by atoms with Crippen molar-refractivity contribution in [3.05, 3.63) is 57.0 Å². The van der Waals surface area contributed by atoms with E-state index in [4.69, 9.17) is 39.5 Å². The fraction of sp³-hybridized carbons (Fsp3) is 0.0667. The number of amides is 1. The average molecular weight is 374 g/mol. The number of carbonyl (C=O) groups is 1. The Labute approximate surface area is 147 Å². The van der Waals surface area contributed by atoms with Gasteiger partial charge in [-0.15, -0.1) is 0 Å². The van der Waals surface area contributed by atoms with Gasteiger partial charge in [-0.05, 0) is 23.8 Å². The first-order valence-corrected chi connectivity index (χ1v) is 7.47. The number of aromatic hydroxyl groups is 1. The van der Waals surface area contributed by atoms with Gasteiger partial charge in [-0.3, -0.25) is 4.79 Å². The van der Waals surface area contributed by atoms with Crippen molar-refractivity contribution in [3.8, 4) is 11.5 Å². The van der Waals surface area contributed by atoms with Crippen molar-refractivity contribution in [2.75, 3.05) is 6.61 Å². The summed E-state index contributed by atoms with van der Waals surface area (Å²) in [6.45, 7) is -0.297. The highest BCUT2D eigenvalue weighted by atomic mass is 35.5. The molecule has 0 aromatic heterocycles. The summed E-state index contributed by atoms with van der Waals surface area (Å²) in [7, 11) is 0. The molecule has 0 aliphatic heterocycles. The minimum absolute atomic E-state index is 0.109. The highest BCUT2D eigenvalue weighted by Crippen LogP contribution is 2.33. The molecule has 0 saturated heterocycles. The summed E-state index contributed by atoms with van der Waals surface area (Å²) in [6.07, 6.45) is 1.39. The van der Waals surface area contributed by atoms with Crippen LogP contribution in [0.3, 0.4) is 0 Å². The lowest BCUT2D eigenvalue weighted by Gasteiger charge is -2.08. The first kappa shape index (κ1) is 17.4. The molecule has 0 aliphatic carbocycles. The van der Waals surface area contributed by atoms with Gasteiger partial charge in [0.25, 0.3) is 5.91 Å². The normalized spacial score (nSPS) is 10.7. The van der Waals surface area contributed by atoms with Gasteiger partial charge in [-0.2, -0.15) is 5.10 Å². The number of rotatable bonds is 5. The van der Waals surface area contributed by atoms with E-state index in [1.807, 2.05) is 0 Å². The Morgan fingerprint density at radius 1 is 1.17 bits per heavy atom. The summed E-state index contributed by atoms with van der Waals surface area (Å²) >= 11 is 17.6. The molecule has 0 atom stereocenters. The highest BCUT2D eigenvalue weighted by Gasteiger charge is 2.09. The van der Waals surface area contributed by atoms with Gasteiger partial charge < -0.3 is 9.84 Å². The summed E-state index contributed by atoms with van der Waals surface area (Å²) < 4.78 is 5.26. The Balaban J connectivity index is 1.87. The maximum atomic E-state index is 11.6. The zero-order valence-corrected chi connectivity index (χ0v) is 13.9. The molecule has 0 unspecified atom stereocenters. The van der Waals surface area contributed by atoms with Crippen LogP contribution >= 0.6 is 34.8 Å². The molecule has 23 heavy (non-hydrogen) atoms. The minimum Gasteiger partial charge on any atom is -0.508 e. The number of phenols is 1. The lowest BCUT2D eigenvalue weighted by atomic mass is 10.2. The SMILES string of the molecule is O=C(COc1cc(Cl)c(Cl)cc1Cl)NN=Cc1cccc(O)c1.